The number of β-amino-alcohol motifs (C(OH)–C–C–N with tert-alkyl or cyclic N) is 1. The van der Waals surface area contributed by atoms with Crippen molar-refractivity contribution in [2.75, 3.05) is 39.3 Å². The zero-order valence-electron chi connectivity index (χ0n) is 28.7. The lowest BCUT2D eigenvalue weighted by Gasteiger charge is -2.41. The van der Waals surface area contributed by atoms with Crippen molar-refractivity contribution < 1.29 is 42.1 Å². The smallest absolute Gasteiger partial charge is 0.405 e. The topological polar surface area (TPSA) is 140 Å². The summed E-state index contributed by atoms with van der Waals surface area (Å²) in [6, 6.07) is 21.6. The molecule has 0 radical (unpaired) electrons. The van der Waals surface area contributed by atoms with E-state index in [2.05, 4.69) is 10.3 Å². The van der Waals surface area contributed by atoms with Crippen LogP contribution in [0.1, 0.15) is 29.3 Å². The van der Waals surface area contributed by atoms with E-state index in [1.807, 2.05) is 40.5 Å². The Kier molecular flexibility index (Phi) is 12.4. The summed E-state index contributed by atoms with van der Waals surface area (Å²) in [5.41, 5.74) is 2.08. The number of aromatic nitrogens is 1. The summed E-state index contributed by atoms with van der Waals surface area (Å²) in [5.74, 6) is -0.297. The van der Waals surface area contributed by atoms with E-state index >= 15 is 0 Å². The van der Waals surface area contributed by atoms with E-state index in [1.54, 1.807) is 53.4 Å². The van der Waals surface area contributed by atoms with Crippen molar-refractivity contribution in [3.63, 3.8) is 0 Å². The summed E-state index contributed by atoms with van der Waals surface area (Å²) in [7, 11) is 0. The van der Waals surface area contributed by atoms with Crippen molar-refractivity contribution in [3.8, 4) is 17.2 Å². The quantitative estimate of drug-likeness (QED) is 0.157. The van der Waals surface area contributed by atoms with Crippen molar-refractivity contribution in [1.82, 2.24) is 25.4 Å². The average Bonchev–Trinajstić information content (AvgIpc) is 3.61. The van der Waals surface area contributed by atoms with Crippen molar-refractivity contribution in [2.24, 2.45) is 5.92 Å². The van der Waals surface area contributed by atoms with E-state index in [-0.39, 0.29) is 51.5 Å². The third-order valence-corrected chi connectivity index (χ3v) is 9.63. The third-order valence-electron chi connectivity index (χ3n) is 9.41. The Balaban J connectivity index is 1.14. The maximum Gasteiger partial charge on any atom is 0.405 e. The van der Waals surface area contributed by atoms with Gasteiger partial charge in [-0.3, -0.25) is 24.4 Å². The second kappa shape index (κ2) is 17.1. The van der Waals surface area contributed by atoms with E-state index in [0.29, 0.717) is 40.1 Å². The van der Waals surface area contributed by atoms with Crippen molar-refractivity contribution in [2.45, 2.75) is 49.9 Å². The Bertz CT molecular complexity index is 1830. The predicted molar refractivity (Wildman–Crippen MR) is 190 cm³/mol. The molecule has 0 spiro atoms. The number of nitrogens with zero attached hydrogens (tertiary/aromatic N) is 3. The number of aliphatic hydroxyl groups excluding tert-OH is 2. The van der Waals surface area contributed by atoms with Crippen molar-refractivity contribution in [3.05, 3.63) is 107 Å². The molecule has 6 rings (SSSR count). The van der Waals surface area contributed by atoms with Crippen LogP contribution in [0, 0.1) is 5.92 Å². The number of carbonyl (C=O) groups excluding carboxylic acids is 2. The molecule has 5 atom stereocenters. The van der Waals surface area contributed by atoms with E-state index in [9.17, 15) is 33.0 Å². The van der Waals surface area contributed by atoms with Gasteiger partial charge < -0.3 is 30.0 Å². The Labute approximate surface area is 309 Å². The Hall–Kier alpha value is -4.47. The van der Waals surface area contributed by atoms with Gasteiger partial charge in [-0.15, -0.1) is 0 Å². The molecule has 0 aliphatic carbocycles. The molecule has 4 heterocycles. The zero-order chi connectivity index (χ0) is 37.5. The normalized spacial score (nSPS) is 20.5. The summed E-state index contributed by atoms with van der Waals surface area (Å²) >= 11 is 5.95. The summed E-state index contributed by atoms with van der Waals surface area (Å²) in [4.78, 5) is 35.0. The number of pyridine rings is 1. The molecule has 2 aliphatic heterocycles. The standard InChI is InChI=1S/C38H41ClF3N5O6/c39-26-10-12-30(43-18-26)34-13-11-28(53-34)20-46-14-15-47(31(21-46)37(51)44-23-38(40,41)42)19-27(48)17-25(16-24-6-2-1-3-7-24)36(50)45-35-29-8-4-5-9-33(29)52-22-32(35)49/h1-13,18,25,27,31-32,35,48-49H,14-17,19-23H2,(H,44,51)(H,45,50)/t25-,27+,31+,32-,35+/m1/s1. The van der Waals surface area contributed by atoms with Crippen molar-refractivity contribution >= 4 is 23.4 Å². The highest BCUT2D eigenvalue weighted by Gasteiger charge is 2.38. The maximum absolute atomic E-state index is 13.9. The van der Waals surface area contributed by atoms with Gasteiger partial charge in [-0.2, -0.15) is 13.2 Å². The van der Waals surface area contributed by atoms with Crippen molar-refractivity contribution in [1.29, 1.82) is 0 Å². The molecule has 4 N–H and O–H groups in total. The molecular formula is C38H41ClF3N5O6. The van der Waals surface area contributed by atoms with Crippen LogP contribution in [0.15, 0.2) is 89.5 Å². The summed E-state index contributed by atoms with van der Waals surface area (Å²) in [5, 5.41) is 27.7. The summed E-state index contributed by atoms with van der Waals surface area (Å²) in [6.07, 6.45) is -4.94. The van der Waals surface area contributed by atoms with Gasteiger partial charge in [0, 0.05) is 43.9 Å². The minimum atomic E-state index is -4.61. The molecule has 0 bridgehead atoms. The number of benzene rings is 2. The first-order chi connectivity index (χ1) is 25.4. The van der Waals surface area contributed by atoms with Gasteiger partial charge in [0.05, 0.1) is 23.7 Å². The lowest BCUT2D eigenvalue weighted by Crippen LogP contribution is -2.60. The van der Waals surface area contributed by atoms with E-state index in [0.717, 1.165) is 5.56 Å². The first-order valence-electron chi connectivity index (χ1n) is 17.4. The van der Waals surface area contributed by atoms with E-state index in [1.165, 1.54) is 6.20 Å². The first kappa shape index (κ1) is 38.3. The maximum atomic E-state index is 13.9. The summed E-state index contributed by atoms with van der Waals surface area (Å²) in [6.45, 7) is -0.512. The molecule has 0 unspecified atom stereocenters. The molecule has 2 amide bonds. The number of ether oxygens (including phenoxy) is 1. The number of fused-ring (bicyclic) bond motifs is 1. The Morgan fingerprint density at radius 3 is 2.55 bits per heavy atom. The molecule has 2 aromatic heterocycles. The largest absolute Gasteiger partial charge is 0.490 e. The van der Waals surface area contributed by atoms with Gasteiger partial charge in [0.25, 0.3) is 0 Å². The molecule has 11 nitrogen and oxygen atoms in total. The van der Waals surface area contributed by atoms with Crippen LogP contribution < -0.4 is 15.4 Å². The van der Waals surface area contributed by atoms with Gasteiger partial charge in [-0.25, -0.2) is 0 Å². The number of halogens is 4. The van der Waals surface area contributed by atoms with E-state index in [4.69, 9.17) is 20.8 Å². The zero-order valence-corrected chi connectivity index (χ0v) is 29.5. The molecule has 1 fully saturated rings. The molecule has 0 saturated carbocycles. The minimum absolute atomic E-state index is 0.00164. The van der Waals surface area contributed by atoms with Gasteiger partial charge in [0.1, 0.15) is 42.5 Å². The van der Waals surface area contributed by atoms with Gasteiger partial charge in [0.2, 0.25) is 11.8 Å². The molecule has 15 heteroatoms. The number of nitrogens with one attached hydrogen (secondary N) is 2. The van der Waals surface area contributed by atoms with Crippen LogP contribution in [0.2, 0.25) is 5.02 Å². The number of para-hydroxylation sites is 1. The van der Waals surface area contributed by atoms with E-state index < -0.39 is 48.8 Å². The van der Waals surface area contributed by atoms with Gasteiger partial charge >= 0.3 is 6.18 Å². The minimum Gasteiger partial charge on any atom is -0.490 e. The Morgan fingerprint density at radius 2 is 1.79 bits per heavy atom. The third kappa shape index (κ3) is 10.4. The number of hydrogen-bond donors (Lipinski definition) is 4. The fraction of sp³-hybridized carbons (Fsp3) is 0.395. The number of aliphatic hydroxyl groups is 2. The number of amides is 2. The number of rotatable bonds is 13. The summed E-state index contributed by atoms with van der Waals surface area (Å²) < 4.78 is 51.0. The molecular weight excluding hydrogens is 715 g/mol. The number of hydrogen-bond acceptors (Lipinski definition) is 9. The molecule has 4 aromatic rings. The highest BCUT2D eigenvalue weighted by molar-refractivity contribution is 6.30. The molecule has 2 aromatic carbocycles. The monoisotopic (exact) mass is 755 g/mol. The molecule has 282 valence electrons. The predicted octanol–water partition coefficient (Wildman–Crippen LogP) is 4.38. The molecule has 53 heavy (non-hydrogen) atoms. The number of carbonyl (C=O) groups is 2. The van der Waals surface area contributed by atoms with Crippen LogP contribution >= 0.6 is 11.6 Å². The average molecular weight is 756 g/mol. The van der Waals surface area contributed by atoms with Crippen LogP contribution in [-0.2, 0) is 22.6 Å². The van der Waals surface area contributed by atoms with Crippen LogP contribution in [0.3, 0.4) is 0 Å². The van der Waals surface area contributed by atoms with Gasteiger partial charge in [-0.1, -0.05) is 60.1 Å². The highest BCUT2D eigenvalue weighted by atomic mass is 35.5. The Morgan fingerprint density at radius 1 is 1.02 bits per heavy atom. The second-order valence-electron chi connectivity index (χ2n) is 13.4. The van der Waals surface area contributed by atoms with Crippen LogP contribution in [0.4, 0.5) is 13.2 Å². The van der Waals surface area contributed by atoms with Crippen LogP contribution in [-0.4, -0.2) is 101 Å². The highest BCUT2D eigenvalue weighted by Crippen LogP contribution is 2.33. The fourth-order valence-corrected chi connectivity index (χ4v) is 6.90. The van der Waals surface area contributed by atoms with Crippen LogP contribution in [0.5, 0.6) is 5.75 Å². The fourth-order valence-electron chi connectivity index (χ4n) is 6.78. The number of piperazine rings is 1. The SMILES string of the molecule is O=C(N[C@H]1c2ccccc2OC[C@H]1O)[C@H](Cc1ccccc1)C[C@H](O)CN1CCN(Cc2ccc(-c3ccc(Cl)cn3)o2)C[C@H]1C(=O)NCC(F)(F)F. The van der Waals surface area contributed by atoms with Gasteiger partial charge in [-0.05, 0) is 48.7 Å². The number of furan rings is 1. The molecule has 2 aliphatic rings. The lowest BCUT2D eigenvalue weighted by atomic mass is 9.90. The molecule has 1 saturated heterocycles. The first-order valence-corrected chi connectivity index (χ1v) is 17.7. The number of alkyl halides is 3. The lowest BCUT2D eigenvalue weighted by molar-refractivity contribution is -0.143. The second-order valence-corrected chi connectivity index (χ2v) is 13.8. The van der Waals surface area contributed by atoms with Gasteiger partial charge in [0.15, 0.2) is 5.76 Å². The van der Waals surface area contributed by atoms with Crippen LogP contribution in [0.25, 0.3) is 11.5 Å².